The minimum atomic E-state index is -0.339. The third kappa shape index (κ3) is 2.66. The maximum absolute atomic E-state index is 13.1. The van der Waals surface area contributed by atoms with Gasteiger partial charge in [-0.05, 0) is 49.8 Å². The third-order valence-electron chi connectivity index (χ3n) is 6.03. The molecule has 0 unspecified atom stereocenters. The number of likely N-dealkylation sites (tertiary alicyclic amines) is 1. The molecule has 0 bridgehead atoms. The van der Waals surface area contributed by atoms with Gasteiger partial charge < -0.3 is 4.90 Å². The second-order valence-electron chi connectivity index (χ2n) is 7.52. The zero-order valence-electron chi connectivity index (χ0n) is 14.9. The Kier molecular flexibility index (Phi) is 4.39. The Bertz CT molecular complexity index is 783. The van der Waals surface area contributed by atoms with E-state index in [0.29, 0.717) is 28.7 Å². The van der Waals surface area contributed by atoms with Crippen LogP contribution >= 0.6 is 0 Å². The Balaban J connectivity index is 1.61. The molecule has 1 saturated carbocycles. The van der Waals surface area contributed by atoms with E-state index in [1.165, 1.54) is 36.7 Å². The van der Waals surface area contributed by atoms with E-state index in [2.05, 4.69) is 6.58 Å². The average molecular weight is 352 g/mol. The normalized spacial score (nSPS) is 25.1. The van der Waals surface area contributed by atoms with E-state index < -0.39 is 0 Å². The molecule has 0 N–H and O–H groups in total. The lowest BCUT2D eigenvalue weighted by atomic mass is 9.78. The molecule has 136 valence electrons. The van der Waals surface area contributed by atoms with Crippen LogP contribution in [0.5, 0.6) is 0 Å². The fourth-order valence-electron chi connectivity index (χ4n) is 4.76. The van der Waals surface area contributed by atoms with Gasteiger partial charge in [-0.3, -0.25) is 19.3 Å². The van der Waals surface area contributed by atoms with Crippen LogP contribution in [0.1, 0.15) is 69.6 Å². The van der Waals surface area contributed by atoms with Crippen molar-refractivity contribution in [1.82, 2.24) is 9.80 Å². The topological polar surface area (TPSA) is 57.7 Å². The number of nitrogens with zero attached hydrogens (tertiary/aromatic N) is 2. The maximum atomic E-state index is 13.1. The first-order chi connectivity index (χ1) is 12.6. The number of carbonyl (C=O) groups excluding carboxylic acids is 3. The van der Waals surface area contributed by atoms with E-state index in [-0.39, 0.29) is 24.3 Å². The maximum Gasteiger partial charge on any atom is 0.261 e. The number of benzene rings is 1. The minimum Gasteiger partial charge on any atom is -0.335 e. The molecule has 1 aliphatic carbocycles. The highest BCUT2D eigenvalue weighted by atomic mass is 16.2. The van der Waals surface area contributed by atoms with Gasteiger partial charge in [-0.1, -0.05) is 18.9 Å². The van der Waals surface area contributed by atoms with Crippen LogP contribution in [-0.2, 0) is 0 Å². The van der Waals surface area contributed by atoms with Crippen molar-refractivity contribution in [1.29, 1.82) is 0 Å². The van der Waals surface area contributed by atoms with Crippen LogP contribution in [0.15, 0.2) is 30.9 Å². The highest BCUT2D eigenvalue weighted by Crippen LogP contribution is 2.36. The van der Waals surface area contributed by atoms with Crippen molar-refractivity contribution < 1.29 is 14.4 Å². The Morgan fingerprint density at radius 1 is 1.08 bits per heavy atom. The summed E-state index contributed by atoms with van der Waals surface area (Å²) in [5.74, 6) is -0.0445. The first-order valence-corrected chi connectivity index (χ1v) is 9.54. The summed E-state index contributed by atoms with van der Waals surface area (Å²) >= 11 is 0. The first-order valence-electron chi connectivity index (χ1n) is 9.54. The second kappa shape index (κ2) is 6.71. The number of fused-ring (bicyclic) bond motifs is 2. The highest BCUT2D eigenvalue weighted by Gasteiger charge is 2.38. The van der Waals surface area contributed by atoms with Crippen LogP contribution in [0.3, 0.4) is 0 Å². The fraction of sp³-hybridized carbons (Fsp3) is 0.476. The zero-order chi connectivity index (χ0) is 18.3. The van der Waals surface area contributed by atoms with Gasteiger partial charge in [-0.2, -0.15) is 0 Å². The van der Waals surface area contributed by atoms with Gasteiger partial charge in [0.15, 0.2) is 0 Å². The lowest BCUT2D eigenvalue weighted by molar-refractivity contribution is 0.0390. The van der Waals surface area contributed by atoms with Gasteiger partial charge in [0.2, 0.25) is 0 Å². The van der Waals surface area contributed by atoms with Crippen LogP contribution in [0.2, 0.25) is 0 Å². The molecular weight excluding hydrogens is 328 g/mol. The Labute approximate surface area is 153 Å². The van der Waals surface area contributed by atoms with E-state index in [1.54, 1.807) is 18.2 Å². The molecule has 0 radical (unpaired) electrons. The molecule has 2 atom stereocenters. The second-order valence-corrected chi connectivity index (χ2v) is 7.52. The van der Waals surface area contributed by atoms with Gasteiger partial charge >= 0.3 is 0 Å². The molecule has 2 heterocycles. The molecule has 3 aliphatic rings. The number of carbonyl (C=O) groups is 3. The molecule has 5 nitrogen and oxygen atoms in total. The van der Waals surface area contributed by atoms with E-state index >= 15 is 0 Å². The standard InChI is InChI=1S/C21H24N2O3/c1-2-11-23-20(25)16-10-9-15(13-17(16)21(23)26)19(24)22-12-5-7-14-6-3-4-8-18(14)22/h2,9-10,13-14,18H,1,3-8,11-12H2/t14-,18+/m0/s1. The summed E-state index contributed by atoms with van der Waals surface area (Å²) in [5, 5.41) is 0. The number of amides is 3. The van der Waals surface area contributed by atoms with Crippen LogP contribution in [0.4, 0.5) is 0 Å². The van der Waals surface area contributed by atoms with Crippen molar-refractivity contribution >= 4 is 17.7 Å². The van der Waals surface area contributed by atoms with Crippen molar-refractivity contribution in [2.45, 2.75) is 44.6 Å². The molecule has 0 spiro atoms. The molecule has 26 heavy (non-hydrogen) atoms. The molecule has 1 aromatic rings. The minimum absolute atomic E-state index is 0.00757. The van der Waals surface area contributed by atoms with Gasteiger partial charge in [0.25, 0.3) is 17.7 Å². The third-order valence-corrected chi connectivity index (χ3v) is 6.03. The van der Waals surface area contributed by atoms with Crippen molar-refractivity contribution in [3.63, 3.8) is 0 Å². The summed E-state index contributed by atoms with van der Waals surface area (Å²) in [4.78, 5) is 41.2. The lowest BCUT2D eigenvalue weighted by Gasteiger charge is -2.44. The molecule has 0 aromatic heterocycles. The average Bonchev–Trinajstić information content (AvgIpc) is 2.92. The summed E-state index contributed by atoms with van der Waals surface area (Å²) in [6, 6.07) is 5.24. The number of rotatable bonds is 3. The van der Waals surface area contributed by atoms with E-state index in [4.69, 9.17) is 0 Å². The molecule has 1 aromatic carbocycles. The summed E-state index contributed by atoms with van der Waals surface area (Å²) in [6.45, 7) is 4.56. The van der Waals surface area contributed by atoms with Gasteiger partial charge in [-0.15, -0.1) is 6.58 Å². The lowest BCUT2D eigenvalue weighted by Crippen LogP contribution is -2.49. The molecule has 2 aliphatic heterocycles. The quantitative estimate of drug-likeness (QED) is 0.620. The number of imide groups is 1. The molecule has 2 fully saturated rings. The molecule has 4 rings (SSSR count). The highest BCUT2D eigenvalue weighted by molar-refractivity contribution is 6.22. The summed E-state index contributed by atoms with van der Waals surface area (Å²) in [7, 11) is 0. The van der Waals surface area contributed by atoms with Gasteiger partial charge in [-0.25, -0.2) is 0 Å². The molecular formula is C21H24N2O3. The van der Waals surface area contributed by atoms with E-state index in [0.717, 1.165) is 19.4 Å². The summed E-state index contributed by atoms with van der Waals surface area (Å²) in [6.07, 6.45) is 8.51. The van der Waals surface area contributed by atoms with Crippen LogP contribution < -0.4 is 0 Å². The predicted octanol–water partition coefficient (Wildman–Crippen LogP) is 3.26. The molecule has 3 amide bonds. The van der Waals surface area contributed by atoms with Crippen molar-refractivity contribution in [2.24, 2.45) is 5.92 Å². The van der Waals surface area contributed by atoms with Crippen LogP contribution in [0, 0.1) is 5.92 Å². The largest absolute Gasteiger partial charge is 0.335 e. The smallest absolute Gasteiger partial charge is 0.261 e. The van der Waals surface area contributed by atoms with Crippen molar-refractivity contribution in [3.8, 4) is 0 Å². The zero-order valence-corrected chi connectivity index (χ0v) is 14.9. The van der Waals surface area contributed by atoms with Crippen molar-refractivity contribution in [2.75, 3.05) is 13.1 Å². The number of hydrogen-bond acceptors (Lipinski definition) is 3. The molecule has 5 heteroatoms. The number of piperidine rings is 1. The SMILES string of the molecule is C=CCN1C(=O)c2ccc(C(=O)N3CCC[C@@H]4CCCC[C@H]43)cc2C1=O. The van der Waals surface area contributed by atoms with E-state index in [9.17, 15) is 14.4 Å². The van der Waals surface area contributed by atoms with Crippen LogP contribution in [-0.4, -0.2) is 46.7 Å². The monoisotopic (exact) mass is 352 g/mol. The first kappa shape index (κ1) is 17.0. The summed E-state index contributed by atoms with van der Waals surface area (Å²) in [5.41, 5.74) is 1.22. The fourth-order valence-corrected chi connectivity index (χ4v) is 4.76. The van der Waals surface area contributed by atoms with Gasteiger partial charge in [0.05, 0.1) is 11.1 Å². The van der Waals surface area contributed by atoms with Gasteiger partial charge in [0.1, 0.15) is 0 Å². The summed E-state index contributed by atoms with van der Waals surface area (Å²) < 4.78 is 0. The number of hydrogen-bond donors (Lipinski definition) is 0. The van der Waals surface area contributed by atoms with E-state index in [1.807, 2.05) is 4.90 Å². The Hall–Kier alpha value is -2.43. The van der Waals surface area contributed by atoms with Gasteiger partial charge in [0, 0.05) is 24.7 Å². The molecule has 1 saturated heterocycles. The van der Waals surface area contributed by atoms with Crippen molar-refractivity contribution in [3.05, 3.63) is 47.5 Å². The Morgan fingerprint density at radius 3 is 2.62 bits per heavy atom. The predicted molar refractivity (Wildman–Crippen MR) is 98.0 cm³/mol. The Morgan fingerprint density at radius 2 is 1.81 bits per heavy atom. The van der Waals surface area contributed by atoms with Crippen LogP contribution in [0.25, 0.3) is 0 Å².